The molecule has 0 radical (unpaired) electrons. The monoisotopic (exact) mass is 394 g/mol. The molecule has 1 amide bonds. The predicted octanol–water partition coefficient (Wildman–Crippen LogP) is 3.98. The number of ether oxygens (including phenoxy) is 2. The zero-order valence-electron chi connectivity index (χ0n) is 16.8. The Morgan fingerprint density at radius 3 is 2.62 bits per heavy atom. The van der Waals surface area contributed by atoms with Gasteiger partial charge in [-0.1, -0.05) is 30.9 Å². The van der Waals surface area contributed by atoms with Crippen LogP contribution < -0.4 is 15.4 Å². The Morgan fingerprint density at radius 2 is 1.93 bits per heavy atom. The van der Waals surface area contributed by atoms with Crippen LogP contribution >= 0.6 is 0 Å². The summed E-state index contributed by atoms with van der Waals surface area (Å²) in [7, 11) is 0. The topological polar surface area (TPSA) is 81.9 Å². The van der Waals surface area contributed by atoms with Gasteiger partial charge < -0.3 is 20.1 Å². The number of para-hydroxylation sites is 1. The Kier molecular flexibility index (Phi) is 6.34. The maximum absolute atomic E-state index is 12.9. The van der Waals surface area contributed by atoms with Crippen LogP contribution in [0.3, 0.4) is 0 Å². The Balaban J connectivity index is 1.71. The molecule has 2 aromatic rings. The van der Waals surface area contributed by atoms with Crippen LogP contribution in [0.4, 0.5) is 10.5 Å². The molecule has 0 saturated heterocycles. The van der Waals surface area contributed by atoms with Crippen molar-refractivity contribution in [2.45, 2.75) is 32.7 Å². The second-order valence-electron chi connectivity index (χ2n) is 7.16. The van der Waals surface area contributed by atoms with Gasteiger partial charge >= 0.3 is 6.16 Å². The molecule has 0 saturated carbocycles. The lowest BCUT2D eigenvalue weighted by Gasteiger charge is -2.22. The van der Waals surface area contributed by atoms with E-state index in [1.165, 1.54) is 11.6 Å². The molecule has 1 aliphatic rings. The van der Waals surface area contributed by atoms with Crippen molar-refractivity contribution in [1.29, 1.82) is 0 Å². The lowest BCUT2D eigenvalue weighted by atomic mass is 9.94. The number of carbonyl (C=O) groups excluding carboxylic acids is 2. The fraction of sp³-hybridized carbons (Fsp3) is 0.304. The molecule has 0 aromatic heterocycles. The molecule has 6 heteroatoms. The van der Waals surface area contributed by atoms with Crippen molar-refractivity contribution in [1.82, 2.24) is 0 Å². The highest BCUT2D eigenvalue weighted by molar-refractivity contribution is 5.95. The van der Waals surface area contributed by atoms with Gasteiger partial charge in [-0.25, -0.2) is 4.79 Å². The van der Waals surface area contributed by atoms with E-state index in [4.69, 9.17) is 15.2 Å². The normalized spacial score (nSPS) is 13.6. The largest absolute Gasteiger partial charge is 0.514 e. The van der Waals surface area contributed by atoms with E-state index in [0.717, 1.165) is 28.8 Å². The number of nitrogens with zero attached hydrogens (tertiary/aromatic N) is 1. The molecular weight excluding hydrogens is 368 g/mol. The van der Waals surface area contributed by atoms with Crippen LogP contribution in [0.2, 0.25) is 0 Å². The van der Waals surface area contributed by atoms with Gasteiger partial charge in [0.25, 0.3) is 0 Å². The van der Waals surface area contributed by atoms with Crippen molar-refractivity contribution in [2.24, 2.45) is 5.73 Å². The Hall–Kier alpha value is -3.12. The van der Waals surface area contributed by atoms with E-state index >= 15 is 0 Å². The second kappa shape index (κ2) is 8.92. The van der Waals surface area contributed by atoms with Crippen molar-refractivity contribution >= 4 is 17.7 Å². The number of benzene rings is 2. The molecule has 2 aromatic carbocycles. The van der Waals surface area contributed by atoms with Crippen LogP contribution in [0.1, 0.15) is 34.7 Å². The Morgan fingerprint density at radius 1 is 1.24 bits per heavy atom. The smallest absolute Gasteiger partial charge is 0.430 e. The number of amides is 1. The SMILES string of the molecule is C=CCOC(=O)Oc1cc(C)c(C(N)CC(=O)N2CCc3ccccc32)c(C)c1. The lowest BCUT2D eigenvalue weighted by Crippen LogP contribution is -2.32. The van der Waals surface area contributed by atoms with Gasteiger partial charge in [-0.05, 0) is 60.7 Å². The van der Waals surface area contributed by atoms with Crippen molar-refractivity contribution in [3.8, 4) is 5.75 Å². The van der Waals surface area contributed by atoms with Gasteiger partial charge in [-0.2, -0.15) is 0 Å². The molecule has 1 unspecified atom stereocenters. The standard InChI is InChI=1S/C23H26N2O4/c1-4-11-28-23(27)29-18-12-15(2)22(16(3)13-18)19(24)14-21(26)25-10-9-17-7-5-6-8-20(17)25/h4-8,12-13,19H,1,9-11,14,24H2,2-3H3. The Labute approximate surface area is 170 Å². The van der Waals surface area contributed by atoms with Crippen molar-refractivity contribution in [3.05, 3.63) is 71.3 Å². The van der Waals surface area contributed by atoms with Gasteiger partial charge in [-0.3, -0.25) is 4.79 Å². The molecule has 152 valence electrons. The number of aryl methyl sites for hydroxylation is 2. The first-order valence-electron chi connectivity index (χ1n) is 9.61. The first kappa shape index (κ1) is 20.6. The summed E-state index contributed by atoms with van der Waals surface area (Å²) in [5.41, 5.74) is 11.2. The van der Waals surface area contributed by atoms with Crippen LogP contribution in [-0.4, -0.2) is 25.2 Å². The third kappa shape index (κ3) is 4.66. The first-order valence-corrected chi connectivity index (χ1v) is 9.61. The van der Waals surface area contributed by atoms with Crippen LogP contribution in [0.15, 0.2) is 49.1 Å². The van der Waals surface area contributed by atoms with E-state index in [1.807, 2.05) is 36.9 Å². The highest BCUT2D eigenvalue weighted by Crippen LogP contribution is 2.31. The minimum atomic E-state index is -0.788. The van der Waals surface area contributed by atoms with E-state index < -0.39 is 12.2 Å². The molecule has 1 heterocycles. The Bertz CT molecular complexity index is 915. The minimum absolute atomic E-state index is 0.00887. The molecule has 0 spiro atoms. The van der Waals surface area contributed by atoms with Gasteiger partial charge in [0.1, 0.15) is 12.4 Å². The number of fused-ring (bicyclic) bond motifs is 1. The van der Waals surface area contributed by atoms with Crippen molar-refractivity contribution < 1.29 is 19.1 Å². The number of anilines is 1. The summed E-state index contributed by atoms with van der Waals surface area (Å²) in [6, 6.07) is 11.0. The molecule has 0 aliphatic carbocycles. The van der Waals surface area contributed by atoms with E-state index in [-0.39, 0.29) is 18.9 Å². The summed E-state index contributed by atoms with van der Waals surface area (Å²) < 4.78 is 10.0. The zero-order chi connectivity index (χ0) is 21.0. The van der Waals surface area contributed by atoms with E-state index in [2.05, 4.69) is 12.6 Å². The fourth-order valence-corrected chi connectivity index (χ4v) is 3.83. The molecule has 2 N–H and O–H groups in total. The van der Waals surface area contributed by atoms with Crippen molar-refractivity contribution in [3.63, 3.8) is 0 Å². The van der Waals surface area contributed by atoms with E-state index in [0.29, 0.717) is 12.3 Å². The summed E-state index contributed by atoms with van der Waals surface area (Å²) in [5, 5.41) is 0. The molecule has 3 rings (SSSR count). The average molecular weight is 394 g/mol. The molecule has 29 heavy (non-hydrogen) atoms. The quantitative estimate of drug-likeness (QED) is 0.455. The summed E-state index contributed by atoms with van der Waals surface area (Å²) in [4.78, 5) is 26.3. The molecule has 1 aliphatic heterocycles. The van der Waals surface area contributed by atoms with Crippen LogP contribution in [0, 0.1) is 13.8 Å². The third-order valence-corrected chi connectivity index (χ3v) is 5.04. The number of hydrogen-bond donors (Lipinski definition) is 1. The van der Waals surface area contributed by atoms with Crippen LogP contribution in [0.5, 0.6) is 5.75 Å². The van der Waals surface area contributed by atoms with Crippen LogP contribution in [0.25, 0.3) is 0 Å². The van der Waals surface area contributed by atoms with Gasteiger partial charge in [0.05, 0.1) is 0 Å². The molecule has 6 nitrogen and oxygen atoms in total. The van der Waals surface area contributed by atoms with Gasteiger partial charge in [-0.15, -0.1) is 0 Å². The van der Waals surface area contributed by atoms with Gasteiger partial charge in [0.2, 0.25) is 5.91 Å². The summed E-state index contributed by atoms with van der Waals surface area (Å²) in [6.45, 7) is 8.03. The minimum Gasteiger partial charge on any atom is -0.430 e. The highest BCUT2D eigenvalue weighted by Gasteiger charge is 2.26. The molecule has 1 atom stereocenters. The number of nitrogens with two attached hydrogens (primary N) is 1. The zero-order valence-corrected chi connectivity index (χ0v) is 16.8. The first-order chi connectivity index (χ1) is 13.9. The maximum Gasteiger partial charge on any atom is 0.514 e. The molecular formula is C23H26N2O4. The second-order valence-corrected chi connectivity index (χ2v) is 7.16. The summed E-state index contributed by atoms with van der Waals surface area (Å²) in [6.07, 6.45) is 1.75. The third-order valence-electron chi connectivity index (χ3n) is 5.04. The van der Waals surface area contributed by atoms with E-state index in [9.17, 15) is 9.59 Å². The number of hydrogen-bond acceptors (Lipinski definition) is 5. The molecule has 0 fully saturated rings. The number of carbonyl (C=O) groups is 2. The maximum atomic E-state index is 12.9. The average Bonchev–Trinajstić information content (AvgIpc) is 3.10. The predicted molar refractivity (Wildman–Crippen MR) is 112 cm³/mol. The summed E-state index contributed by atoms with van der Waals surface area (Å²) >= 11 is 0. The van der Waals surface area contributed by atoms with Gasteiger partial charge in [0, 0.05) is 24.7 Å². The summed E-state index contributed by atoms with van der Waals surface area (Å²) in [5.74, 6) is 0.388. The highest BCUT2D eigenvalue weighted by atomic mass is 16.7. The van der Waals surface area contributed by atoms with Crippen LogP contribution in [-0.2, 0) is 16.0 Å². The van der Waals surface area contributed by atoms with Crippen molar-refractivity contribution in [2.75, 3.05) is 18.1 Å². The van der Waals surface area contributed by atoms with Gasteiger partial charge in [0.15, 0.2) is 0 Å². The molecule has 0 bridgehead atoms. The fourth-order valence-electron chi connectivity index (χ4n) is 3.83. The number of rotatable bonds is 6. The van der Waals surface area contributed by atoms with E-state index in [1.54, 1.807) is 12.1 Å². The lowest BCUT2D eigenvalue weighted by molar-refractivity contribution is -0.118.